The lowest BCUT2D eigenvalue weighted by Gasteiger charge is -2.03. The molecule has 1 aromatic carbocycles. The van der Waals surface area contributed by atoms with Gasteiger partial charge in [-0.2, -0.15) is 5.10 Å². The first-order valence-corrected chi connectivity index (χ1v) is 5.38. The van der Waals surface area contributed by atoms with Crippen LogP contribution in [0.3, 0.4) is 0 Å². The average Bonchev–Trinajstić information content (AvgIpc) is 2.73. The Balaban J connectivity index is 2.27. The first-order valence-electron chi connectivity index (χ1n) is 5.00. The Bertz CT molecular complexity index is 693. The molecule has 0 saturated heterocycles. The van der Waals surface area contributed by atoms with Gasteiger partial charge in [-0.3, -0.25) is 0 Å². The van der Waals surface area contributed by atoms with Crippen LogP contribution in [0.15, 0.2) is 42.7 Å². The molecule has 84 valence electrons. The molecule has 0 aliphatic rings. The fraction of sp³-hybridized carbons (Fsp3) is 0. The lowest BCUT2D eigenvalue weighted by Crippen LogP contribution is -2.02. The normalized spacial score (nSPS) is 10.9. The SMILES string of the molecule is Fc1cc(Cl)cnc1-n1ncc2ccccc21. The molecule has 3 aromatic rings. The number of rotatable bonds is 1. The highest BCUT2D eigenvalue weighted by molar-refractivity contribution is 6.30. The molecule has 0 fully saturated rings. The van der Waals surface area contributed by atoms with Gasteiger partial charge < -0.3 is 0 Å². The molecule has 0 amide bonds. The molecule has 3 rings (SSSR count). The van der Waals surface area contributed by atoms with Gasteiger partial charge in [-0.25, -0.2) is 14.1 Å². The summed E-state index contributed by atoms with van der Waals surface area (Å²) in [5.74, 6) is -0.345. The van der Waals surface area contributed by atoms with Crippen LogP contribution in [0, 0.1) is 5.82 Å². The molecular formula is C12H7ClFN3. The Morgan fingerprint density at radius 1 is 1.18 bits per heavy atom. The van der Waals surface area contributed by atoms with Crippen LogP contribution >= 0.6 is 11.6 Å². The van der Waals surface area contributed by atoms with Crippen molar-refractivity contribution in [3.05, 3.63) is 53.6 Å². The first kappa shape index (κ1) is 10.2. The van der Waals surface area contributed by atoms with Crippen LogP contribution in [0.2, 0.25) is 5.02 Å². The van der Waals surface area contributed by atoms with Gasteiger partial charge in [0.2, 0.25) is 0 Å². The molecule has 0 saturated carbocycles. The average molecular weight is 248 g/mol. The fourth-order valence-electron chi connectivity index (χ4n) is 1.70. The molecule has 0 radical (unpaired) electrons. The van der Waals surface area contributed by atoms with E-state index in [0.717, 1.165) is 10.9 Å². The molecule has 17 heavy (non-hydrogen) atoms. The van der Waals surface area contributed by atoms with E-state index in [-0.39, 0.29) is 10.8 Å². The number of nitrogens with zero attached hydrogens (tertiary/aromatic N) is 3. The predicted octanol–water partition coefficient (Wildman–Crippen LogP) is 3.21. The minimum absolute atomic E-state index is 0.149. The molecule has 0 unspecified atom stereocenters. The highest BCUT2D eigenvalue weighted by atomic mass is 35.5. The minimum atomic E-state index is -0.494. The number of benzene rings is 1. The first-order chi connectivity index (χ1) is 8.25. The highest BCUT2D eigenvalue weighted by Gasteiger charge is 2.10. The molecule has 2 heterocycles. The summed E-state index contributed by atoms with van der Waals surface area (Å²) in [6, 6.07) is 8.76. The van der Waals surface area contributed by atoms with Gasteiger partial charge in [0.15, 0.2) is 11.6 Å². The second kappa shape index (κ2) is 3.82. The smallest absolute Gasteiger partial charge is 0.190 e. The summed E-state index contributed by atoms with van der Waals surface area (Å²) < 4.78 is 15.2. The van der Waals surface area contributed by atoms with Crippen molar-refractivity contribution in [1.82, 2.24) is 14.8 Å². The summed E-state index contributed by atoms with van der Waals surface area (Å²) in [7, 11) is 0. The van der Waals surface area contributed by atoms with Crippen molar-refractivity contribution in [1.29, 1.82) is 0 Å². The summed E-state index contributed by atoms with van der Waals surface area (Å²) >= 11 is 5.66. The summed E-state index contributed by atoms with van der Waals surface area (Å²) in [5, 5.41) is 5.33. The van der Waals surface area contributed by atoms with Crippen molar-refractivity contribution in [2.24, 2.45) is 0 Å². The third-order valence-corrected chi connectivity index (χ3v) is 2.67. The van der Waals surface area contributed by atoms with Gasteiger partial charge in [-0.05, 0) is 12.1 Å². The van der Waals surface area contributed by atoms with Gasteiger partial charge >= 0.3 is 0 Å². The Labute approximate surface area is 101 Å². The number of halogens is 2. The summed E-state index contributed by atoms with van der Waals surface area (Å²) in [6.07, 6.45) is 3.07. The van der Waals surface area contributed by atoms with Gasteiger partial charge in [0, 0.05) is 11.6 Å². The molecule has 3 nitrogen and oxygen atoms in total. The monoisotopic (exact) mass is 247 g/mol. The number of fused-ring (bicyclic) bond motifs is 1. The van der Waals surface area contributed by atoms with Gasteiger partial charge in [0.05, 0.1) is 16.7 Å². The Morgan fingerprint density at radius 3 is 2.82 bits per heavy atom. The molecular weight excluding hydrogens is 241 g/mol. The maximum atomic E-state index is 13.7. The molecule has 0 atom stereocenters. The molecule has 0 bridgehead atoms. The van der Waals surface area contributed by atoms with Crippen molar-refractivity contribution >= 4 is 22.5 Å². The highest BCUT2D eigenvalue weighted by Crippen LogP contribution is 2.20. The molecule has 2 aromatic heterocycles. The van der Waals surface area contributed by atoms with Crippen molar-refractivity contribution in [3.63, 3.8) is 0 Å². The second-order valence-corrected chi connectivity index (χ2v) is 4.01. The van der Waals surface area contributed by atoms with Crippen LogP contribution in [-0.4, -0.2) is 14.8 Å². The molecule has 0 N–H and O–H groups in total. The number of aromatic nitrogens is 3. The maximum absolute atomic E-state index is 13.7. The number of para-hydroxylation sites is 1. The van der Waals surface area contributed by atoms with Crippen LogP contribution in [0.5, 0.6) is 0 Å². The van der Waals surface area contributed by atoms with Crippen molar-refractivity contribution in [3.8, 4) is 5.82 Å². The summed E-state index contributed by atoms with van der Waals surface area (Å²) in [5.41, 5.74) is 0.807. The van der Waals surface area contributed by atoms with Crippen molar-refractivity contribution in [2.75, 3.05) is 0 Å². The predicted molar refractivity (Wildman–Crippen MR) is 63.8 cm³/mol. The van der Waals surface area contributed by atoms with E-state index in [1.54, 1.807) is 6.20 Å². The minimum Gasteiger partial charge on any atom is -0.233 e. The molecule has 0 aliphatic carbocycles. The van der Waals surface area contributed by atoms with Gasteiger partial charge in [-0.1, -0.05) is 29.8 Å². The Hall–Kier alpha value is -1.94. The standard InChI is InChI=1S/C12H7ClFN3/c13-9-5-10(14)12(15-7-9)17-11-4-2-1-3-8(11)6-16-17/h1-7H. The van der Waals surface area contributed by atoms with Crippen LogP contribution in [0.1, 0.15) is 0 Å². The van der Waals surface area contributed by atoms with Gasteiger partial charge in [0.25, 0.3) is 0 Å². The molecule has 0 aliphatic heterocycles. The zero-order valence-corrected chi connectivity index (χ0v) is 9.39. The van der Waals surface area contributed by atoms with E-state index >= 15 is 0 Å². The number of hydrogen-bond acceptors (Lipinski definition) is 2. The fourth-order valence-corrected chi connectivity index (χ4v) is 1.85. The van der Waals surface area contributed by atoms with Gasteiger partial charge in [0.1, 0.15) is 0 Å². The van der Waals surface area contributed by atoms with Crippen LogP contribution in [0.4, 0.5) is 4.39 Å². The zero-order chi connectivity index (χ0) is 11.8. The third kappa shape index (κ3) is 1.66. The third-order valence-electron chi connectivity index (χ3n) is 2.47. The Kier molecular flexibility index (Phi) is 2.30. The quantitative estimate of drug-likeness (QED) is 0.661. The summed E-state index contributed by atoms with van der Waals surface area (Å²) in [6.45, 7) is 0. The number of hydrogen-bond donors (Lipinski definition) is 0. The molecule has 5 heteroatoms. The van der Waals surface area contributed by atoms with E-state index in [0.29, 0.717) is 0 Å². The van der Waals surface area contributed by atoms with Gasteiger partial charge in [-0.15, -0.1) is 0 Å². The lowest BCUT2D eigenvalue weighted by atomic mass is 10.2. The maximum Gasteiger partial charge on any atom is 0.190 e. The van der Waals surface area contributed by atoms with E-state index < -0.39 is 5.82 Å². The van der Waals surface area contributed by atoms with Crippen LogP contribution < -0.4 is 0 Å². The van der Waals surface area contributed by atoms with E-state index in [1.807, 2.05) is 24.3 Å². The van der Waals surface area contributed by atoms with Crippen molar-refractivity contribution in [2.45, 2.75) is 0 Å². The van der Waals surface area contributed by atoms with E-state index in [2.05, 4.69) is 10.1 Å². The topological polar surface area (TPSA) is 30.7 Å². The summed E-state index contributed by atoms with van der Waals surface area (Å²) in [4.78, 5) is 3.96. The van der Waals surface area contributed by atoms with Crippen LogP contribution in [-0.2, 0) is 0 Å². The lowest BCUT2D eigenvalue weighted by molar-refractivity contribution is 0.603. The van der Waals surface area contributed by atoms with Crippen LogP contribution in [0.25, 0.3) is 16.7 Å². The van der Waals surface area contributed by atoms with E-state index in [9.17, 15) is 4.39 Å². The van der Waals surface area contributed by atoms with E-state index in [4.69, 9.17) is 11.6 Å². The zero-order valence-electron chi connectivity index (χ0n) is 8.64. The number of pyridine rings is 1. The second-order valence-electron chi connectivity index (χ2n) is 3.57. The largest absolute Gasteiger partial charge is 0.233 e. The van der Waals surface area contributed by atoms with E-state index in [1.165, 1.54) is 16.9 Å². The Morgan fingerprint density at radius 2 is 2.00 bits per heavy atom. The van der Waals surface area contributed by atoms with Crippen molar-refractivity contribution < 1.29 is 4.39 Å². The molecule has 0 spiro atoms.